The monoisotopic (exact) mass is 351 g/mol. The molecule has 25 heavy (non-hydrogen) atoms. The molecule has 0 saturated heterocycles. The van der Waals surface area contributed by atoms with E-state index in [4.69, 9.17) is 9.47 Å². The van der Waals surface area contributed by atoms with Gasteiger partial charge in [-0.1, -0.05) is 26.8 Å². The molecule has 0 bridgehead atoms. The summed E-state index contributed by atoms with van der Waals surface area (Å²) in [6, 6.07) is 5.55. The summed E-state index contributed by atoms with van der Waals surface area (Å²) < 4.78 is 10.5. The molecular formula is C19H29NO5. The Morgan fingerprint density at radius 2 is 1.76 bits per heavy atom. The van der Waals surface area contributed by atoms with Crippen molar-refractivity contribution in [2.24, 2.45) is 17.8 Å². The highest BCUT2D eigenvalue weighted by atomic mass is 16.5. The molecule has 2 unspecified atom stereocenters. The van der Waals surface area contributed by atoms with Gasteiger partial charge < -0.3 is 19.9 Å². The second kappa shape index (κ2) is 9.91. The van der Waals surface area contributed by atoms with Crippen LogP contribution >= 0.6 is 0 Å². The van der Waals surface area contributed by atoms with Crippen LogP contribution in [0.15, 0.2) is 18.2 Å². The smallest absolute Gasteiger partial charge is 0.308 e. The fraction of sp³-hybridized carbons (Fsp3) is 0.579. The van der Waals surface area contributed by atoms with Gasteiger partial charge in [-0.05, 0) is 36.5 Å². The van der Waals surface area contributed by atoms with E-state index in [9.17, 15) is 14.7 Å². The minimum absolute atomic E-state index is 0.148. The van der Waals surface area contributed by atoms with Crippen molar-refractivity contribution in [3.63, 3.8) is 0 Å². The average Bonchev–Trinajstić information content (AvgIpc) is 2.57. The molecule has 2 atom stereocenters. The molecule has 2 N–H and O–H groups in total. The zero-order chi connectivity index (χ0) is 19.0. The van der Waals surface area contributed by atoms with Gasteiger partial charge in [0.25, 0.3) is 0 Å². The van der Waals surface area contributed by atoms with Crippen molar-refractivity contribution in [1.29, 1.82) is 0 Å². The van der Waals surface area contributed by atoms with Gasteiger partial charge in [-0.3, -0.25) is 9.59 Å². The first-order chi connectivity index (χ1) is 11.8. The van der Waals surface area contributed by atoms with E-state index in [1.165, 1.54) is 0 Å². The van der Waals surface area contributed by atoms with E-state index in [1.54, 1.807) is 14.2 Å². The summed E-state index contributed by atoms with van der Waals surface area (Å²) in [6.07, 6.45) is 1.08. The summed E-state index contributed by atoms with van der Waals surface area (Å²) >= 11 is 0. The maximum absolute atomic E-state index is 12.3. The molecule has 0 radical (unpaired) electrons. The topological polar surface area (TPSA) is 84.9 Å². The van der Waals surface area contributed by atoms with Crippen molar-refractivity contribution < 1.29 is 24.2 Å². The van der Waals surface area contributed by atoms with Crippen LogP contribution in [-0.4, -0.2) is 37.7 Å². The molecule has 0 aromatic heterocycles. The second-order valence-electron chi connectivity index (χ2n) is 6.70. The number of carbonyl (C=O) groups excluding carboxylic acids is 1. The summed E-state index contributed by atoms with van der Waals surface area (Å²) in [5, 5.41) is 12.0. The van der Waals surface area contributed by atoms with Gasteiger partial charge >= 0.3 is 5.97 Å². The number of carboxylic acids is 1. The van der Waals surface area contributed by atoms with Crippen LogP contribution in [0, 0.1) is 17.8 Å². The van der Waals surface area contributed by atoms with Gasteiger partial charge in [-0.25, -0.2) is 0 Å². The number of nitrogens with one attached hydrogen (secondary N) is 1. The van der Waals surface area contributed by atoms with Crippen LogP contribution in [0.25, 0.3) is 0 Å². The first-order valence-electron chi connectivity index (χ1n) is 8.49. The summed E-state index contributed by atoms with van der Waals surface area (Å²) in [4.78, 5) is 23.5. The largest absolute Gasteiger partial charge is 0.493 e. The molecule has 1 amide bonds. The zero-order valence-corrected chi connectivity index (χ0v) is 15.7. The van der Waals surface area contributed by atoms with Crippen molar-refractivity contribution in [3.05, 3.63) is 23.8 Å². The Balaban J connectivity index is 2.63. The van der Waals surface area contributed by atoms with Crippen LogP contribution in [0.5, 0.6) is 11.5 Å². The standard InChI is InChI=1S/C19H29NO5/c1-12(2)8-15(19(22)23)11-20-18(21)13(3)9-14-6-7-16(24-4)17(10-14)25-5/h6-7,10,12-13,15H,8-9,11H2,1-5H3,(H,20,21)(H,22,23). The first-order valence-corrected chi connectivity index (χ1v) is 8.49. The number of aliphatic carboxylic acids is 1. The number of rotatable bonds is 10. The third-order valence-electron chi connectivity index (χ3n) is 4.07. The van der Waals surface area contributed by atoms with E-state index >= 15 is 0 Å². The van der Waals surface area contributed by atoms with Crippen LogP contribution < -0.4 is 14.8 Å². The van der Waals surface area contributed by atoms with Crippen LogP contribution in [0.2, 0.25) is 0 Å². The van der Waals surface area contributed by atoms with E-state index < -0.39 is 11.9 Å². The molecule has 140 valence electrons. The number of hydrogen-bond donors (Lipinski definition) is 2. The number of carboxylic acid groups (broad SMARTS) is 1. The highest BCUT2D eigenvalue weighted by Gasteiger charge is 2.21. The Hall–Kier alpha value is -2.24. The summed E-state index contributed by atoms with van der Waals surface area (Å²) in [5.41, 5.74) is 0.956. The SMILES string of the molecule is COc1ccc(CC(C)C(=O)NCC(CC(C)C)C(=O)O)cc1OC. The fourth-order valence-corrected chi connectivity index (χ4v) is 2.69. The molecule has 0 aliphatic carbocycles. The molecule has 0 spiro atoms. The zero-order valence-electron chi connectivity index (χ0n) is 15.7. The molecule has 0 fully saturated rings. The van der Waals surface area contributed by atoms with Crippen LogP contribution in [0.1, 0.15) is 32.8 Å². The number of amides is 1. The van der Waals surface area contributed by atoms with Crippen molar-refractivity contribution in [1.82, 2.24) is 5.32 Å². The van der Waals surface area contributed by atoms with Crippen molar-refractivity contribution in [3.8, 4) is 11.5 Å². The lowest BCUT2D eigenvalue weighted by molar-refractivity contribution is -0.142. The third-order valence-corrected chi connectivity index (χ3v) is 4.07. The lowest BCUT2D eigenvalue weighted by atomic mass is 9.96. The molecule has 6 heteroatoms. The maximum Gasteiger partial charge on any atom is 0.308 e. The molecule has 1 rings (SSSR count). The Labute approximate surface area is 149 Å². The van der Waals surface area contributed by atoms with Gasteiger partial charge in [0.2, 0.25) is 5.91 Å². The Morgan fingerprint density at radius 1 is 1.12 bits per heavy atom. The van der Waals surface area contributed by atoms with E-state index in [1.807, 2.05) is 39.0 Å². The quantitative estimate of drug-likeness (QED) is 0.677. The second-order valence-corrected chi connectivity index (χ2v) is 6.70. The number of hydrogen-bond acceptors (Lipinski definition) is 4. The molecule has 0 heterocycles. The Bertz CT molecular complexity index is 585. The lowest BCUT2D eigenvalue weighted by Gasteiger charge is -2.18. The average molecular weight is 351 g/mol. The van der Waals surface area contributed by atoms with Crippen LogP contribution in [-0.2, 0) is 16.0 Å². The number of methoxy groups -OCH3 is 2. The van der Waals surface area contributed by atoms with Gasteiger partial charge in [0.15, 0.2) is 11.5 Å². The Morgan fingerprint density at radius 3 is 2.28 bits per heavy atom. The van der Waals surface area contributed by atoms with Gasteiger partial charge in [0.1, 0.15) is 0 Å². The molecule has 6 nitrogen and oxygen atoms in total. The van der Waals surface area contributed by atoms with Gasteiger partial charge in [0.05, 0.1) is 20.1 Å². The summed E-state index contributed by atoms with van der Waals surface area (Å²) in [5.74, 6) is -0.325. The van der Waals surface area contributed by atoms with E-state index in [0.717, 1.165) is 5.56 Å². The van der Waals surface area contributed by atoms with Gasteiger partial charge in [0, 0.05) is 12.5 Å². The third kappa shape index (κ3) is 6.64. The molecule has 0 saturated carbocycles. The fourth-order valence-electron chi connectivity index (χ4n) is 2.69. The highest BCUT2D eigenvalue weighted by Crippen LogP contribution is 2.28. The van der Waals surface area contributed by atoms with E-state index in [2.05, 4.69) is 5.32 Å². The molecule has 0 aliphatic rings. The first kappa shape index (κ1) is 20.8. The molecule has 1 aromatic carbocycles. The normalized spacial score (nSPS) is 13.2. The molecule has 0 aliphatic heterocycles. The number of carbonyl (C=O) groups is 2. The van der Waals surface area contributed by atoms with Crippen molar-refractivity contribution in [2.75, 3.05) is 20.8 Å². The molecule has 1 aromatic rings. The van der Waals surface area contributed by atoms with Crippen molar-refractivity contribution >= 4 is 11.9 Å². The summed E-state index contributed by atoms with van der Waals surface area (Å²) in [7, 11) is 3.14. The minimum atomic E-state index is -0.874. The lowest BCUT2D eigenvalue weighted by Crippen LogP contribution is -2.37. The van der Waals surface area contributed by atoms with Gasteiger partial charge in [-0.15, -0.1) is 0 Å². The Kier molecular flexibility index (Phi) is 8.25. The predicted octanol–water partition coefficient (Wildman–Crippen LogP) is 2.75. The number of benzene rings is 1. The van der Waals surface area contributed by atoms with Crippen LogP contribution in [0.4, 0.5) is 0 Å². The predicted molar refractivity (Wildman–Crippen MR) is 96.0 cm³/mol. The van der Waals surface area contributed by atoms with Gasteiger partial charge in [-0.2, -0.15) is 0 Å². The maximum atomic E-state index is 12.3. The van der Waals surface area contributed by atoms with E-state index in [0.29, 0.717) is 24.3 Å². The van der Waals surface area contributed by atoms with E-state index in [-0.39, 0.29) is 24.3 Å². The minimum Gasteiger partial charge on any atom is -0.493 e. The van der Waals surface area contributed by atoms with Crippen LogP contribution in [0.3, 0.4) is 0 Å². The van der Waals surface area contributed by atoms with Crippen molar-refractivity contribution in [2.45, 2.75) is 33.6 Å². The molecular weight excluding hydrogens is 322 g/mol. The summed E-state index contributed by atoms with van der Waals surface area (Å²) in [6.45, 7) is 5.92. The number of ether oxygens (including phenoxy) is 2. The highest BCUT2D eigenvalue weighted by molar-refractivity contribution is 5.79.